The summed E-state index contributed by atoms with van der Waals surface area (Å²) in [5.74, 6) is -0.711. The molecule has 1 amide bonds. The summed E-state index contributed by atoms with van der Waals surface area (Å²) in [6, 6.07) is 2.00. The molecule has 4 nitrogen and oxygen atoms in total. The van der Waals surface area contributed by atoms with Crippen molar-refractivity contribution in [3.63, 3.8) is 0 Å². The van der Waals surface area contributed by atoms with Gasteiger partial charge in [0.2, 0.25) is 0 Å². The van der Waals surface area contributed by atoms with Crippen LogP contribution < -0.4 is 0 Å². The van der Waals surface area contributed by atoms with Crippen LogP contribution in [0.1, 0.15) is 48.8 Å². The van der Waals surface area contributed by atoms with E-state index in [4.69, 9.17) is 0 Å². The van der Waals surface area contributed by atoms with E-state index >= 15 is 0 Å². The van der Waals surface area contributed by atoms with E-state index in [-0.39, 0.29) is 11.8 Å². The molecule has 0 spiro atoms. The highest BCUT2D eigenvalue weighted by Gasteiger charge is 2.40. The molecule has 0 aliphatic carbocycles. The molecule has 1 atom stereocenters. The van der Waals surface area contributed by atoms with Crippen molar-refractivity contribution in [2.75, 3.05) is 13.1 Å². The molecule has 1 aliphatic heterocycles. The van der Waals surface area contributed by atoms with Crippen LogP contribution in [0.25, 0.3) is 0 Å². The Morgan fingerprint density at radius 1 is 1.48 bits per heavy atom. The SMILES string of the molecule is CCc1ccsc1C(=O)N1CCCC(C(C)(C)C(=O)O)C1. The number of hydrogen-bond donors (Lipinski definition) is 1. The van der Waals surface area contributed by atoms with Crippen LogP contribution in [0.3, 0.4) is 0 Å². The summed E-state index contributed by atoms with van der Waals surface area (Å²) in [5.41, 5.74) is 0.298. The average Bonchev–Trinajstić information content (AvgIpc) is 2.94. The number of aryl methyl sites for hydroxylation is 1. The third-order valence-electron chi connectivity index (χ3n) is 4.60. The summed E-state index contributed by atoms with van der Waals surface area (Å²) in [6.45, 7) is 6.84. The molecular formula is C16H23NO3S. The Labute approximate surface area is 129 Å². The smallest absolute Gasteiger partial charge is 0.309 e. The second-order valence-electron chi connectivity index (χ2n) is 6.25. The van der Waals surface area contributed by atoms with Crippen molar-refractivity contribution in [3.05, 3.63) is 21.9 Å². The van der Waals surface area contributed by atoms with Crippen LogP contribution in [0.2, 0.25) is 0 Å². The van der Waals surface area contributed by atoms with Crippen LogP contribution in [0.4, 0.5) is 0 Å². The number of carbonyl (C=O) groups excluding carboxylic acids is 1. The topological polar surface area (TPSA) is 57.6 Å². The number of aliphatic carboxylic acids is 1. The molecule has 116 valence electrons. The Bertz CT molecular complexity index is 535. The van der Waals surface area contributed by atoms with Crippen molar-refractivity contribution in [2.24, 2.45) is 11.3 Å². The first kappa shape index (κ1) is 16.0. The number of likely N-dealkylation sites (tertiary alicyclic amines) is 1. The molecule has 0 radical (unpaired) electrons. The zero-order valence-electron chi connectivity index (χ0n) is 12.9. The standard InChI is InChI=1S/C16H23NO3S/c1-4-11-7-9-21-13(11)14(18)17-8-5-6-12(10-17)16(2,3)15(19)20/h7,9,12H,4-6,8,10H2,1-3H3,(H,19,20). The van der Waals surface area contributed by atoms with E-state index in [1.54, 1.807) is 13.8 Å². The second-order valence-corrected chi connectivity index (χ2v) is 7.16. The van der Waals surface area contributed by atoms with Gasteiger partial charge < -0.3 is 10.0 Å². The summed E-state index contributed by atoms with van der Waals surface area (Å²) in [4.78, 5) is 26.7. The lowest BCUT2D eigenvalue weighted by Crippen LogP contribution is -2.46. The maximum absolute atomic E-state index is 12.7. The molecule has 1 fully saturated rings. The highest BCUT2D eigenvalue weighted by Crippen LogP contribution is 2.35. The molecule has 5 heteroatoms. The van der Waals surface area contributed by atoms with E-state index in [9.17, 15) is 14.7 Å². The predicted octanol–water partition coefficient (Wildman–Crippen LogP) is 3.27. The minimum Gasteiger partial charge on any atom is -0.481 e. The normalized spacial score (nSPS) is 19.6. The first-order valence-electron chi connectivity index (χ1n) is 7.47. The number of carbonyl (C=O) groups is 2. The zero-order chi connectivity index (χ0) is 15.6. The number of amides is 1. The van der Waals surface area contributed by atoms with E-state index in [0.717, 1.165) is 36.2 Å². The Balaban J connectivity index is 2.15. The van der Waals surface area contributed by atoms with Crippen molar-refractivity contribution < 1.29 is 14.7 Å². The molecule has 2 rings (SSSR count). The van der Waals surface area contributed by atoms with E-state index in [0.29, 0.717) is 6.54 Å². The van der Waals surface area contributed by atoms with Gasteiger partial charge in [0, 0.05) is 13.1 Å². The fourth-order valence-electron chi connectivity index (χ4n) is 2.87. The minimum atomic E-state index is -0.790. The van der Waals surface area contributed by atoms with Gasteiger partial charge in [-0.1, -0.05) is 6.92 Å². The molecule has 1 aromatic rings. The Morgan fingerprint density at radius 2 is 2.19 bits per heavy atom. The van der Waals surface area contributed by atoms with Crippen LogP contribution in [0.5, 0.6) is 0 Å². The van der Waals surface area contributed by atoms with Gasteiger partial charge in [-0.25, -0.2) is 0 Å². The third-order valence-corrected chi connectivity index (χ3v) is 5.55. The number of hydrogen-bond acceptors (Lipinski definition) is 3. The minimum absolute atomic E-state index is 0.0118. The van der Waals surface area contributed by atoms with Gasteiger partial charge in [-0.3, -0.25) is 9.59 Å². The lowest BCUT2D eigenvalue weighted by atomic mass is 9.74. The van der Waals surface area contributed by atoms with Crippen LogP contribution in [-0.2, 0) is 11.2 Å². The van der Waals surface area contributed by atoms with Crippen molar-refractivity contribution in [2.45, 2.75) is 40.0 Å². The molecule has 1 aromatic heterocycles. The largest absolute Gasteiger partial charge is 0.481 e. The van der Waals surface area contributed by atoms with Gasteiger partial charge in [0.15, 0.2) is 0 Å². The highest BCUT2D eigenvalue weighted by atomic mass is 32.1. The number of carboxylic acids is 1. The Morgan fingerprint density at radius 3 is 2.81 bits per heavy atom. The van der Waals surface area contributed by atoms with E-state index in [2.05, 4.69) is 0 Å². The summed E-state index contributed by atoms with van der Waals surface area (Å²) in [5, 5.41) is 11.3. The summed E-state index contributed by atoms with van der Waals surface area (Å²) < 4.78 is 0. The predicted molar refractivity (Wildman–Crippen MR) is 83.7 cm³/mol. The van der Waals surface area contributed by atoms with Gasteiger partial charge in [0.25, 0.3) is 5.91 Å². The molecule has 0 aromatic carbocycles. The van der Waals surface area contributed by atoms with Crippen molar-refractivity contribution >= 4 is 23.2 Å². The molecule has 1 aliphatic rings. The van der Waals surface area contributed by atoms with Gasteiger partial charge in [-0.2, -0.15) is 0 Å². The number of carboxylic acid groups (broad SMARTS) is 1. The first-order chi connectivity index (χ1) is 9.87. The van der Waals surface area contributed by atoms with Crippen LogP contribution >= 0.6 is 11.3 Å². The van der Waals surface area contributed by atoms with Gasteiger partial charge in [0.1, 0.15) is 0 Å². The first-order valence-corrected chi connectivity index (χ1v) is 8.35. The zero-order valence-corrected chi connectivity index (χ0v) is 13.7. The van der Waals surface area contributed by atoms with Crippen LogP contribution in [-0.4, -0.2) is 35.0 Å². The molecule has 0 bridgehead atoms. The maximum Gasteiger partial charge on any atom is 0.309 e. The van der Waals surface area contributed by atoms with Gasteiger partial charge >= 0.3 is 5.97 Å². The van der Waals surface area contributed by atoms with Crippen molar-refractivity contribution in [1.82, 2.24) is 4.90 Å². The number of piperidine rings is 1. The summed E-state index contributed by atoms with van der Waals surface area (Å²) >= 11 is 1.48. The number of nitrogens with zero attached hydrogens (tertiary/aromatic N) is 1. The van der Waals surface area contributed by atoms with Gasteiger partial charge in [0.05, 0.1) is 10.3 Å². The lowest BCUT2D eigenvalue weighted by molar-refractivity contribution is -0.151. The number of thiophene rings is 1. The fraction of sp³-hybridized carbons (Fsp3) is 0.625. The second kappa shape index (κ2) is 6.18. The quantitative estimate of drug-likeness (QED) is 0.928. The van der Waals surface area contributed by atoms with Gasteiger partial charge in [-0.05, 0) is 56.0 Å². The lowest BCUT2D eigenvalue weighted by Gasteiger charge is -2.39. The molecular weight excluding hydrogens is 286 g/mol. The molecule has 21 heavy (non-hydrogen) atoms. The molecule has 1 N–H and O–H groups in total. The van der Waals surface area contributed by atoms with Crippen molar-refractivity contribution in [1.29, 1.82) is 0 Å². The van der Waals surface area contributed by atoms with Crippen LogP contribution in [0.15, 0.2) is 11.4 Å². The molecule has 0 saturated carbocycles. The van der Waals surface area contributed by atoms with E-state index in [1.165, 1.54) is 11.3 Å². The fourth-order valence-corrected chi connectivity index (χ4v) is 3.83. The molecule has 1 unspecified atom stereocenters. The Hall–Kier alpha value is -1.36. The monoisotopic (exact) mass is 309 g/mol. The van der Waals surface area contributed by atoms with Gasteiger partial charge in [-0.15, -0.1) is 11.3 Å². The van der Waals surface area contributed by atoms with Crippen molar-refractivity contribution in [3.8, 4) is 0 Å². The summed E-state index contributed by atoms with van der Waals surface area (Å²) in [6.07, 6.45) is 2.59. The van der Waals surface area contributed by atoms with Crippen LogP contribution in [0, 0.1) is 11.3 Å². The van der Waals surface area contributed by atoms with E-state index < -0.39 is 11.4 Å². The Kier molecular flexibility index (Phi) is 4.71. The molecule has 2 heterocycles. The maximum atomic E-state index is 12.7. The average molecular weight is 309 g/mol. The third kappa shape index (κ3) is 3.12. The summed E-state index contributed by atoms with van der Waals surface area (Å²) in [7, 11) is 0. The van der Waals surface area contributed by atoms with E-state index in [1.807, 2.05) is 23.3 Å². The highest BCUT2D eigenvalue weighted by molar-refractivity contribution is 7.12. The number of rotatable bonds is 4. The molecule has 1 saturated heterocycles.